The monoisotopic (exact) mass is 844 g/mol. The number of aryl methyl sites for hydroxylation is 2. The van der Waals surface area contributed by atoms with Crippen molar-refractivity contribution in [1.82, 2.24) is 19.8 Å². The van der Waals surface area contributed by atoms with E-state index in [-0.39, 0.29) is 24.8 Å². The molecule has 10 heteroatoms. The molecule has 0 radical (unpaired) electrons. The number of likely N-dealkylation sites (tertiary alicyclic amines) is 2. The van der Waals surface area contributed by atoms with Crippen LogP contribution >= 0.6 is 0 Å². The highest BCUT2D eigenvalue weighted by Crippen LogP contribution is 2.38. The second-order valence-corrected chi connectivity index (χ2v) is 17.3. The van der Waals surface area contributed by atoms with Crippen molar-refractivity contribution in [3.63, 3.8) is 0 Å². The summed E-state index contributed by atoms with van der Waals surface area (Å²) in [6.07, 6.45) is 5.42. The lowest BCUT2D eigenvalue weighted by atomic mass is 9.79. The van der Waals surface area contributed by atoms with Crippen molar-refractivity contribution in [1.29, 1.82) is 0 Å². The molecule has 0 aliphatic carbocycles. The minimum absolute atomic E-state index is 0. The van der Waals surface area contributed by atoms with Crippen molar-refractivity contribution in [3.05, 3.63) is 96.1 Å². The fraction of sp³-hybridized carbons (Fsp3) is 0.360. The van der Waals surface area contributed by atoms with Crippen LogP contribution in [0.4, 0.5) is 11.4 Å². The Morgan fingerprint density at radius 3 is 1.32 bits per heavy atom. The normalized spacial score (nSPS) is 16.0. The van der Waals surface area contributed by atoms with Gasteiger partial charge in [0, 0.05) is 68.8 Å². The second kappa shape index (κ2) is 17.8. The van der Waals surface area contributed by atoms with Crippen molar-refractivity contribution >= 4 is 76.5 Å². The van der Waals surface area contributed by atoms with Crippen molar-refractivity contribution in [2.75, 3.05) is 66.6 Å². The summed E-state index contributed by atoms with van der Waals surface area (Å²) in [6, 6.07) is 31.3. The molecule has 10 rings (SSSR count). The van der Waals surface area contributed by atoms with E-state index in [2.05, 4.69) is 117 Å². The van der Waals surface area contributed by atoms with Gasteiger partial charge in [0.25, 0.3) is 0 Å². The van der Waals surface area contributed by atoms with Crippen molar-refractivity contribution in [3.8, 4) is 11.5 Å². The van der Waals surface area contributed by atoms with E-state index in [1.54, 1.807) is 14.2 Å². The van der Waals surface area contributed by atoms with E-state index < -0.39 is 0 Å². The molecule has 0 spiro atoms. The van der Waals surface area contributed by atoms with Gasteiger partial charge in [0.15, 0.2) is 0 Å². The SMILES string of the molecule is COc1ccc2[nH]c3cc(C)c4ccc([NH2+]CCN5CCC(C6CCN(CC[NH2+]c7ccc8c(C)cc9[nH]c%10ccc(OC)cc%10c9c8c7)CC6)CC5)cc4c3c2c1.[Cl-].[Cl-]. The molecule has 2 aromatic heterocycles. The van der Waals surface area contributed by atoms with Gasteiger partial charge in [-0.15, -0.1) is 0 Å². The molecule has 2 aliphatic rings. The molecule has 0 amide bonds. The average molecular weight is 846 g/mol. The van der Waals surface area contributed by atoms with E-state index in [0.717, 1.165) is 60.5 Å². The van der Waals surface area contributed by atoms with Crippen LogP contribution < -0.4 is 44.9 Å². The highest BCUT2D eigenvalue weighted by molar-refractivity contribution is 6.22. The molecular weight excluding hydrogens is 787 g/mol. The van der Waals surface area contributed by atoms with Crippen molar-refractivity contribution in [2.24, 2.45) is 11.8 Å². The predicted molar refractivity (Wildman–Crippen MR) is 240 cm³/mol. The Kier molecular flexibility index (Phi) is 12.5. The number of hydrogen-bond donors (Lipinski definition) is 4. The highest BCUT2D eigenvalue weighted by Gasteiger charge is 2.30. The Hall–Kier alpha value is -4.54. The molecule has 8 aromatic rings. The van der Waals surface area contributed by atoms with E-state index in [4.69, 9.17) is 9.47 Å². The van der Waals surface area contributed by atoms with Crippen LogP contribution in [-0.2, 0) is 0 Å². The van der Waals surface area contributed by atoms with Crippen LogP contribution in [0.3, 0.4) is 0 Å². The van der Waals surface area contributed by atoms with Gasteiger partial charge in [-0.05, 0) is 183 Å². The molecule has 60 heavy (non-hydrogen) atoms. The molecule has 0 bridgehead atoms. The number of piperidine rings is 2. The summed E-state index contributed by atoms with van der Waals surface area (Å²) in [4.78, 5) is 12.7. The maximum Gasteiger partial charge on any atom is 0.130 e. The number of quaternary nitrogens is 2. The zero-order valence-corrected chi connectivity index (χ0v) is 36.9. The van der Waals surface area contributed by atoms with Crippen LogP contribution in [0.5, 0.6) is 11.5 Å². The molecule has 314 valence electrons. The lowest BCUT2D eigenvalue weighted by molar-refractivity contribution is -0.571. The fourth-order valence-corrected chi connectivity index (χ4v) is 10.6. The third-order valence-corrected chi connectivity index (χ3v) is 13.8. The summed E-state index contributed by atoms with van der Waals surface area (Å²) in [5.41, 5.74) is 9.95. The minimum Gasteiger partial charge on any atom is -1.00 e. The Bertz CT molecular complexity index is 2610. The summed E-state index contributed by atoms with van der Waals surface area (Å²) >= 11 is 0. The number of hydrogen-bond acceptors (Lipinski definition) is 4. The first kappa shape index (κ1) is 42.2. The van der Waals surface area contributed by atoms with Crippen LogP contribution in [0.2, 0.25) is 0 Å². The largest absolute Gasteiger partial charge is 1.00 e. The minimum atomic E-state index is 0. The fourth-order valence-electron chi connectivity index (χ4n) is 10.6. The smallest absolute Gasteiger partial charge is 0.130 e. The van der Waals surface area contributed by atoms with Gasteiger partial charge in [-0.1, -0.05) is 0 Å². The van der Waals surface area contributed by atoms with Gasteiger partial charge >= 0.3 is 0 Å². The van der Waals surface area contributed by atoms with E-state index in [1.807, 2.05) is 12.1 Å². The van der Waals surface area contributed by atoms with E-state index in [9.17, 15) is 0 Å². The molecule has 6 aromatic carbocycles. The first-order valence-corrected chi connectivity index (χ1v) is 21.6. The number of nitrogens with one attached hydrogen (secondary N) is 2. The number of rotatable bonds is 11. The number of methoxy groups -OCH3 is 2. The summed E-state index contributed by atoms with van der Waals surface area (Å²) < 4.78 is 11.2. The molecule has 6 N–H and O–H groups in total. The molecule has 0 saturated carbocycles. The molecular formula is C50H58Cl2N6O2. The Labute approximate surface area is 365 Å². The van der Waals surface area contributed by atoms with Gasteiger partial charge in [0.2, 0.25) is 0 Å². The number of halogens is 2. The quantitative estimate of drug-likeness (QED) is 0.151. The summed E-state index contributed by atoms with van der Waals surface area (Å²) in [6.45, 7) is 13.9. The number of aromatic amines is 2. The summed E-state index contributed by atoms with van der Waals surface area (Å²) in [5, 5.41) is 15.2. The Morgan fingerprint density at radius 1 is 0.500 bits per heavy atom. The number of aromatic nitrogens is 2. The third-order valence-electron chi connectivity index (χ3n) is 13.8. The average Bonchev–Trinajstić information content (AvgIpc) is 3.81. The Morgan fingerprint density at radius 2 is 0.917 bits per heavy atom. The second-order valence-electron chi connectivity index (χ2n) is 17.3. The molecule has 2 aliphatic heterocycles. The number of nitrogens with two attached hydrogens (primary N) is 2. The first-order chi connectivity index (χ1) is 28.4. The van der Waals surface area contributed by atoms with Crippen LogP contribution in [-0.4, -0.2) is 86.3 Å². The van der Waals surface area contributed by atoms with Crippen molar-refractivity contribution < 1.29 is 44.9 Å². The molecule has 2 fully saturated rings. The zero-order chi connectivity index (χ0) is 39.3. The lowest BCUT2D eigenvalue weighted by Crippen LogP contribution is -3.00. The van der Waals surface area contributed by atoms with Gasteiger partial charge in [-0.25, -0.2) is 0 Å². The number of nitrogens with zero attached hydrogens (tertiary/aromatic N) is 2. The molecule has 2 saturated heterocycles. The number of fused-ring (bicyclic) bond motifs is 10. The standard InChI is InChI=1S/C50H56N6O2.2ClH/c1-31-25-47-49(43-29-37(57-3)7-11-45(43)53-47)41-27-35(5-9-39(31)41)51-17-23-55-19-13-33(14-20-55)34-15-21-56(22-16-34)24-18-52-36-6-10-40-32(2)26-48-50(42(40)28-36)44-30-38(58-4)8-12-46(44)54-48;;/h5-12,25-30,33-34,51-54H,13-24H2,1-4H3;2*1H. The maximum atomic E-state index is 5.58. The first-order valence-electron chi connectivity index (χ1n) is 21.6. The Balaban J connectivity index is 0.00000249. The van der Waals surface area contributed by atoms with Crippen LogP contribution in [0.25, 0.3) is 65.2 Å². The van der Waals surface area contributed by atoms with E-state index in [1.165, 1.54) is 128 Å². The maximum absolute atomic E-state index is 5.58. The summed E-state index contributed by atoms with van der Waals surface area (Å²) in [5.74, 6) is 3.56. The molecule has 8 nitrogen and oxygen atoms in total. The molecule has 4 heterocycles. The van der Waals surface area contributed by atoms with Gasteiger partial charge in [-0.3, -0.25) is 9.80 Å². The van der Waals surface area contributed by atoms with E-state index in [0.29, 0.717) is 0 Å². The molecule has 0 unspecified atom stereocenters. The highest BCUT2D eigenvalue weighted by atomic mass is 35.5. The topological polar surface area (TPSA) is 89.7 Å². The van der Waals surface area contributed by atoms with Gasteiger partial charge in [0.1, 0.15) is 22.9 Å². The molecule has 0 atom stereocenters. The number of benzene rings is 6. The number of ether oxygens (including phenoxy) is 2. The van der Waals surface area contributed by atoms with E-state index >= 15 is 0 Å². The lowest BCUT2D eigenvalue weighted by Gasteiger charge is -2.40. The van der Waals surface area contributed by atoms with Gasteiger partial charge < -0.3 is 54.9 Å². The van der Waals surface area contributed by atoms with Crippen molar-refractivity contribution in [2.45, 2.75) is 39.5 Å². The number of H-pyrrole nitrogens is 2. The van der Waals surface area contributed by atoms with Gasteiger partial charge in [-0.2, -0.15) is 0 Å². The summed E-state index contributed by atoms with van der Waals surface area (Å²) in [7, 11) is 3.49. The van der Waals surface area contributed by atoms with Crippen LogP contribution in [0.15, 0.2) is 84.9 Å². The van der Waals surface area contributed by atoms with Crippen LogP contribution in [0.1, 0.15) is 36.8 Å². The predicted octanol–water partition coefficient (Wildman–Crippen LogP) is 2.42. The van der Waals surface area contributed by atoms with Gasteiger partial charge in [0.05, 0.1) is 27.3 Å². The van der Waals surface area contributed by atoms with Crippen LogP contribution in [0, 0.1) is 25.7 Å². The zero-order valence-electron chi connectivity index (χ0n) is 35.3. The third kappa shape index (κ3) is 8.02.